The first kappa shape index (κ1) is 23.2. The van der Waals surface area contributed by atoms with Crippen molar-refractivity contribution in [3.05, 3.63) is 35.9 Å². The molecule has 0 spiro atoms. The first-order valence-corrected chi connectivity index (χ1v) is 11.5. The van der Waals surface area contributed by atoms with Crippen molar-refractivity contribution in [2.75, 3.05) is 30.8 Å². The summed E-state index contributed by atoms with van der Waals surface area (Å²) >= 11 is 0. The predicted molar refractivity (Wildman–Crippen MR) is 127 cm³/mol. The predicted octanol–water partition coefficient (Wildman–Crippen LogP) is 3.16. The number of methoxy groups -OCH3 is 1. The fourth-order valence-electron chi connectivity index (χ4n) is 4.69. The number of nitrogens with two attached hydrogens (primary N) is 1. The summed E-state index contributed by atoms with van der Waals surface area (Å²) in [6.45, 7) is 4.41. The van der Waals surface area contributed by atoms with Crippen molar-refractivity contribution < 1.29 is 18.6 Å². The fourth-order valence-corrected chi connectivity index (χ4v) is 4.69. The maximum atomic E-state index is 13.8. The molecule has 0 aliphatic carbocycles. The van der Waals surface area contributed by atoms with Gasteiger partial charge in [-0.25, -0.2) is 18.7 Å². The summed E-state index contributed by atoms with van der Waals surface area (Å²) < 4.78 is 36.0. The van der Waals surface area contributed by atoms with Crippen molar-refractivity contribution in [2.24, 2.45) is 0 Å². The average Bonchev–Trinajstić information content (AvgIpc) is 3.43. The van der Waals surface area contributed by atoms with E-state index >= 15 is 0 Å². The Bertz CT molecular complexity index is 1380. The van der Waals surface area contributed by atoms with Crippen LogP contribution in [-0.4, -0.2) is 60.3 Å². The number of nitrogens with zero attached hydrogens (tertiary/aromatic N) is 7. The van der Waals surface area contributed by atoms with Crippen LogP contribution in [-0.2, 0) is 6.54 Å². The van der Waals surface area contributed by atoms with Gasteiger partial charge in [-0.1, -0.05) is 6.07 Å². The molecule has 3 N–H and O–H groups in total. The molecule has 1 aromatic carbocycles. The summed E-state index contributed by atoms with van der Waals surface area (Å²) in [6.07, 6.45) is 0.445. The van der Waals surface area contributed by atoms with Crippen LogP contribution < -0.4 is 15.4 Å². The molecule has 0 unspecified atom stereocenters. The Labute approximate surface area is 200 Å². The van der Waals surface area contributed by atoms with Crippen LogP contribution in [0.25, 0.3) is 16.6 Å². The zero-order chi connectivity index (χ0) is 24.9. The Morgan fingerprint density at radius 1 is 1.26 bits per heavy atom. The average molecular weight is 487 g/mol. The van der Waals surface area contributed by atoms with E-state index in [2.05, 4.69) is 15.2 Å². The van der Waals surface area contributed by atoms with Crippen LogP contribution >= 0.6 is 0 Å². The zero-order valence-corrected chi connectivity index (χ0v) is 19.8. The Kier molecular flexibility index (Phi) is 5.70. The van der Waals surface area contributed by atoms with Gasteiger partial charge in [0.15, 0.2) is 17.2 Å². The number of alkyl halides is 2. The molecular weight excluding hydrogens is 458 g/mol. The van der Waals surface area contributed by atoms with E-state index < -0.39 is 12.0 Å². The van der Waals surface area contributed by atoms with Gasteiger partial charge in [-0.2, -0.15) is 9.61 Å². The summed E-state index contributed by atoms with van der Waals surface area (Å²) in [5, 5.41) is 19.6. The summed E-state index contributed by atoms with van der Waals surface area (Å²) in [6, 6.07) is 5.55. The lowest BCUT2D eigenvalue weighted by molar-refractivity contribution is 0.0567. The number of aliphatic hydroxyl groups is 1. The molecule has 3 aromatic heterocycles. The monoisotopic (exact) mass is 486 g/mol. The SMILES string of the molecule is COc1cccc2c1nc(N)n1nc([C@@H]3CCCN(c4cn(CC(C)(C)O)nc4C(F)F)C3)nc21. The van der Waals surface area contributed by atoms with Gasteiger partial charge in [0.05, 0.1) is 24.9 Å². The number of aromatic nitrogens is 6. The van der Waals surface area contributed by atoms with Gasteiger partial charge in [-0.15, -0.1) is 5.10 Å². The van der Waals surface area contributed by atoms with Gasteiger partial charge in [0.25, 0.3) is 6.43 Å². The van der Waals surface area contributed by atoms with E-state index in [9.17, 15) is 13.9 Å². The van der Waals surface area contributed by atoms with E-state index in [1.807, 2.05) is 17.0 Å². The Morgan fingerprint density at radius 2 is 2.06 bits per heavy atom. The van der Waals surface area contributed by atoms with Gasteiger partial charge in [-0.05, 0) is 38.8 Å². The van der Waals surface area contributed by atoms with Crippen LogP contribution in [0.15, 0.2) is 24.4 Å². The van der Waals surface area contributed by atoms with Crippen molar-refractivity contribution in [1.82, 2.24) is 29.4 Å². The number of halogens is 2. The van der Waals surface area contributed by atoms with Crippen molar-refractivity contribution in [1.29, 1.82) is 0 Å². The molecule has 1 saturated heterocycles. The Morgan fingerprint density at radius 3 is 2.77 bits per heavy atom. The van der Waals surface area contributed by atoms with E-state index in [1.54, 1.807) is 33.2 Å². The molecule has 4 aromatic rings. The molecule has 0 radical (unpaired) electrons. The van der Waals surface area contributed by atoms with E-state index in [4.69, 9.17) is 15.5 Å². The van der Waals surface area contributed by atoms with E-state index in [-0.39, 0.29) is 24.1 Å². The minimum Gasteiger partial charge on any atom is -0.494 e. The standard InChI is InChI=1S/C23H28F2N8O2/c1-23(2,34)12-32-11-15(18(29-32)19(24)25)31-9-5-6-13(10-31)20-28-21-14-7-4-8-16(35-3)17(14)27-22(26)33(21)30-20/h4,7-8,11,13,19,34H,5-6,9-10,12H2,1-3H3,(H2,26,27)/t13-/m1/s1. The highest BCUT2D eigenvalue weighted by atomic mass is 19.3. The number of piperidine rings is 1. The molecule has 4 heterocycles. The summed E-state index contributed by atoms with van der Waals surface area (Å²) in [7, 11) is 1.57. The van der Waals surface area contributed by atoms with Crippen LogP contribution in [0.2, 0.25) is 0 Å². The first-order chi connectivity index (χ1) is 16.6. The van der Waals surface area contributed by atoms with Gasteiger partial charge in [0, 0.05) is 30.6 Å². The minimum absolute atomic E-state index is 0.0909. The quantitative estimate of drug-likeness (QED) is 0.427. The van der Waals surface area contributed by atoms with Crippen LogP contribution in [0.3, 0.4) is 0 Å². The van der Waals surface area contributed by atoms with Crippen LogP contribution in [0, 0.1) is 0 Å². The van der Waals surface area contributed by atoms with Crippen molar-refractivity contribution in [3.63, 3.8) is 0 Å². The van der Waals surface area contributed by atoms with Crippen molar-refractivity contribution in [2.45, 2.75) is 51.2 Å². The molecule has 186 valence electrons. The number of fused-ring (bicyclic) bond motifs is 3. The maximum Gasteiger partial charge on any atom is 0.284 e. The Balaban J connectivity index is 1.49. The van der Waals surface area contributed by atoms with E-state index in [0.717, 1.165) is 18.2 Å². The number of benzene rings is 1. The molecule has 0 saturated carbocycles. The molecule has 10 nitrogen and oxygen atoms in total. The highest BCUT2D eigenvalue weighted by Crippen LogP contribution is 2.35. The third-order valence-electron chi connectivity index (χ3n) is 6.18. The van der Waals surface area contributed by atoms with Crippen LogP contribution in [0.4, 0.5) is 20.4 Å². The highest BCUT2D eigenvalue weighted by Gasteiger charge is 2.31. The number of hydrogen-bond donors (Lipinski definition) is 2. The number of para-hydroxylation sites is 1. The topological polar surface area (TPSA) is 120 Å². The lowest BCUT2D eigenvalue weighted by atomic mass is 9.97. The lowest BCUT2D eigenvalue weighted by Crippen LogP contribution is -2.35. The maximum absolute atomic E-state index is 13.8. The smallest absolute Gasteiger partial charge is 0.284 e. The number of hydrogen-bond acceptors (Lipinski definition) is 8. The molecule has 0 amide bonds. The normalized spacial score (nSPS) is 17.1. The summed E-state index contributed by atoms with van der Waals surface area (Å²) in [5.74, 6) is 1.27. The van der Waals surface area contributed by atoms with Crippen LogP contribution in [0.5, 0.6) is 5.75 Å². The second-order valence-electron chi connectivity index (χ2n) is 9.53. The molecule has 1 atom stereocenters. The van der Waals surface area contributed by atoms with E-state index in [1.165, 1.54) is 9.20 Å². The fraction of sp³-hybridized carbons (Fsp3) is 0.478. The molecule has 0 bridgehead atoms. The zero-order valence-electron chi connectivity index (χ0n) is 19.8. The largest absolute Gasteiger partial charge is 0.494 e. The minimum atomic E-state index is -2.73. The van der Waals surface area contributed by atoms with Gasteiger partial charge in [-0.3, -0.25) is 4.68 Å². The molecule has 1 fully saturated rings. The van der Waals surface area contributed by atoms with Crippen molar-refractivity contribution >= 4 is 28.2 Å². The Hall–Kier alpha value is -3.54. The van der Waals surface area contributed by atoms with E-state index in [0.29, 0.717) is 41.5 Å². The third-order valence-corrected chi connectivity index (χ3v) is 6.18. The van der Waals surface area contributed by atoms with Gasteiger partial charge in [0.2, 0.25) is 5.95 Å². The second-order valence-corrected chi connectivity index (χ2v) is 9.53. The molecule has 35 heavy (non-hydrogen) atoms. The number of ether oxygens (including phenoxy) is 1. The van der Waals surface area contributed by atoms with Gasteiger partial charge >= 0.3 is 0 Å². The summed E-state index contributed by atoms with van der Waals surface area (Å²) in [5.41, 5.74) is 6.36. The van der Waals surface area contributed by atoms with Gasteiger partial charge < -0.3 is 20.5 Å². The molecule has 1 aliphatic heterocycles. The van der Waals surface area contributed by atoms with Crippen LogP contribution in [0.1, 0.15) is 50.6 Å². The first-order valence-electron chi connectivity index (χ1n) is 11.5. The second kappa shape index (κ2) is 8.59. The molecule has 5 rings (SSSR count). The number of nitrogen functional groups attached to an aromatic ring is 1. The third kappa shape index (κ3) is 4.33. The number of anilines is 2. The number of rotatable bonds is 6. The van der Waals surface area contributed by atoms with Crippen molar-refractivity contribution in [3.8, 4) is 5.75 Å². The molecule has 12 heteroatoms. The molecular formula is C23H28F2N8O2. The summed E-state index contributed by atoms with van der Waals surface area (Å²) in [4.78, 5) is 11.1. The lowest BCUT2D eigenvalue weighted by Gasteiger charge is -2.32. The molecule has 1 aliphatic rings. The highest BCUT2D eigenvalue weighted by molar-refractivity contribution is 5.95. The van der Waals surface area contributed by atoms with Gasteiger partial charge in [0.1, 0.15) is 11.3 Å².